The summed E-state index contributed by atoms with van der Waals surface area (Å²) in [6.45, 7) is 10.1. The monoisotopic (exact) mass is 203 g/mol. The summed E-state index contributed by atoms with van der Waals surface area (Å²) in [5, 5.41) is 3.51. The Hall–Kier alpha value is 0.310. The second-order valence-electron chi connectivity index (χ2n) is 3.50. The first-order valence-electron chi connectivity index (χ1n) is 5.57. The molecule has 0 saturated carbocycles. The van der Waals surface area contributed by atoms with Crippen LogP contribution in [0.1, 0.15) is 40.5 Å². The van der Waals surface area contributed by atoms with Gasteiger partial charge in [0.2, 0.25) is 0 Å². The molecule has 1 N–H and O–H groups in total. The van der Waals surface area contributed by atoms with Crippen LogP contribution in [0, 0.1) is 5.92 Å². The van der Waals surface area contributed by atoms with Crippen LogP contribution in [-0.4, -0.2) is 24.1 Å². The summed E-state index contributed by atoms with van der Waals surface area (Å²) in [6, 6.07) is 0.687. The van der Waals surface area contributed by atoms with E-state index in [4.69, 9.17) is 0 Å². The SMILES string of the molecule is CCNC(C)C(CC)CCSCC. The molecule has 0 aliphatic heterocycles. The van der Waals surface area contributed by atoms with Gasteiger partial charge in [0.05, 0.1) is 0 Å². The Labute approximate surface area is 88.1 Å². The maximum absolute atomic E-state index is 3.51. The third-order valence-corrected chi connectivity index (χ3v) is 3.53. The standard InChI is InChI=1S/C11H25NS/c1-5-11(8-9-13-7-3)10(4)12-6-2/h10-12H,5-9H2,1-4H3. The van der Waals surface area contributed by atoms with Gasteiger partial charge in [0.1, 0.15) is 0 Å². The Balaban J connectivity index is 3.60. The van der Waals surface area contributed by atoms with Gasteiger partial charge in [-0.05, 0) is 37.3 Å². The Morgan fingerprint density at radius 3 is 2.38 bits per heavy atom. The van der Waals surface area contributed by atoms with E-state index in [0.717, 1.165) is 12.5 Å². The minimum absolute atomic E-state index is 0.687. The van der Waals surface area contributed by atoms with Crippen molar-refractivity contribution in [3.8, 4) is 0 Å². The average Bonchev–Trinajstić information content (AvgIpc) is 2.13. The summed E-state index contributed by atoms with van der Waals surface area (Å²) in [5.41, 5.74) is 0. The molecule has 0 aromatic rings. The number of rotatable bonds is 8. The summed E-state index contributed by atoms with van der Waals surface area (Å²) >= 11 is 2.06. The largest absolute Gasteiger partial charge is 0.314 e. The zero-order valence-corrected chi connectivity index (χ0v) is 10.4. The van der Waals surface area contributed by atoms with Gasteiger partial charge in [0.15, 0.2) is 0 Å². The molecule has 0 aliphatic carbocycles. The molecule has 13 heavy (non-hydrogen) atoms. The Bertz CT molecular complexity index is 106. The Morgan fingerprint density at radius 1 is 1.23 bits per heavy atom. The van der Waals surface area contributed by atoms with Crippen molar-refractivity contribution in [1.82, 2.24) is 5.32 Å². The van der Waals surface area contributed by atoms with Crippen LogP contribution >= 0.6 is 11.8 Å². The van der Waals surface area contributed by atoms with Crippen molar-refractivity contribution in [2.24, 2.45) is 5.92 Å². The van der Waals surface area contributed by atoms with Crippen LogP contribution in [0.15, 0.2) is 0 Å². The van der Waals surface area contributed by atoms with Crippen molar-refractivity contribution in [3.63, 3.8) is 0 Å². The summed E-state index contributed by atoms with van der Waals surface area (Å²) < 4.78 is 0. The fourth-order valence-corrected chi connectivity index (χ4v) is 2.43. The lowest BCUT2D eigenvalue weighted by molar-refractivity contribution is 0.362. The third-order valence-electron chi connectivity index (χ3n) is 2.59. The van der Waals surface area contributed by atoms with E-state index in [1.165, 1.54) is 24.3 Å². The lowest BCUT2D eigenvalue weighted by Gasteiger charge is -2.23. The van der Waals surface area contributed by atoms with Gasteiger partial charge in [-0.1, -0.05) is 27.2 Å². The van der Waals surface area contributed by atoms with Crippen LogP contribution in [0.5, 0.6) is 0 Å². The van der Waals surface area contributed by atoms with Crippen molar-refractivity contribution < 1.29 is 0 Å². The van der Waals surface area contributed by atoms with Gasteiger partial charge in [-0.2, -0.15) is 11.8 Å². The van der Waals surface area contributed by atoms with Gasteiger partial charge in [-0.25, -0.2) is 0 Å². The summed E-state index contributed by atoms with van der Waals surface area (Å²) in [4.78, 5) is 0. The molecule has 80 valence electrons. The highest BCUT2D eigenvalue weighted by Gasteiger charge is 2.13. The first kappa shape index (κ1) is 13.3. The first-order valence-corrected chi connectivity index (χ1v) is 6.72. The molecule has 2 atom stereocenters. The Morgan fingerprint density at radius 2 is 1.92 bits per heavy atom. The predicted octanol–water partition coefficient (Wildman–Crippen LogP) is 3.15. The number of hydrogen-bond acceptors (Lipinski definition) is 2. The maximum atomic E-state index is 3.51. The zero-order valence-electron chi connectivity index (χ0n) is 9.60. The van der Waals surface area contributed by atoms with Gasteiger partial charge >= 0.3 is 0 Å². The highest BCUT2D eigenvalue weighted by molar-refractivity contribution is 7.99. The van der Waals surface area contributed by atoms with Crippen LogP contribution in [0.2, 0.25) is 0 Å². The van der Waals surface area contributed by atoms with Crippen LogP contribution in [0.25, 0.3) is 0 Å². The van der Waals surface area contributed by atoms with E-state index in [-0.39, 0.29) is 0 Å². The molecular weight excluding hydrogens is 178 g/mol. The van der Waals surface area contributed by atoms with Crippen molar-refractivity contribution in [2.75, 3.05) is 18.1 Å². The van der Waals surface area contributed by atoms with E-state index in [9.17, 15) is 0 Å². The van der Waals surface area contributed by atoms with Crippen molar-refractivity contribution in [3.05, 3.63) is 0 Å². The average molecular weight is 203 g/mol. The van der Waals surface area contributed by atoms with E-state index < -0.39 is 0 Å². The van der Waals surface area contributed by atoms with E-state index in [1.807, 2.05) is 0 Å². The van der Waals surface area contributed by atoms with Crippen molar-refractivity contribution in [2.45, 2.75) is 46.6 Å². The smallest absolute Gasteiger partial charge is 0.00670 e. The Kier molecular flexibility index (Phi) is 9.10. The van der Waals surface area contributed by atoms with Crippen LogP contribution < -0.4 is 5.32 Å². The van der Waals surface area contributed by atoms with E-state index in [1.54, 1.807) is 0 Å². The minimum atomic E-state index is 0.687. The van der Waals surface area contributed by atoms with E-state index >= 15 is 0 Å². The molecule has 0 heterocycles. The fourth-order valence-electron chi connectivity index (χ4n) is 1.68. The molecule has 1 nitrogen and oxygen atoms in total. The van der Waals surface area contributed by atoms with Crippen LogP contribution in [0.4, 0.5) is 0 Å². The third kappa shape index (κ3) is 6.39. The van der Waals surface area contributed by atoms with E-state index in [2.05, 4.69) is 44.8 Å². The van der Waals surface area contributed by atoms with Gasteiger partial charge in [0, 0.05) is 6.04 Å². The molecule has 2 heteroatoms. The van der Waals surface area contributed by atoms with Crippen molar-refractivity contribution >= 4 is 11.8 Å². The number of thioether (sulfide) groups is 1. The molecule has 0 radical (unpaired) electrons. The second kappa shape index (κ2) is 8.89. The summed E-state index contributed by atoms with van der Waals surface area (Å²) in [7, 11) is 0. The molecule has 0 aromatic carbocycles. The highest BCUT2D eigenvalue weighted by atomic mass is 32.2. The van der Waals surface area contributed by atoms with Gasteiger partial charge in [-0.15, -0.1) is 0 Å². The van der Waals surface area contributed by atoms with E-state index in [0.29, 0.717) is 6.04 Å². The molecule has 0 fully saturated rings. The van der Waals surface area contributed by atoms with Gasteiger partial charge < -0.3 is 5.32 Å². The van der Waals surface area contributed by atoms with Crippen molar-refractivity contribution in [1.29, 1.82) is 0 Å². The fraction of sp³-hybridized carbons (Fsp3) is 1.00. The lowest BCUT2D eigenvalue weighted by atomic mass is 9.95. The predicted molar refractivity (Wildman–Crippen MR) is 64.5 cm³/mol. The molecule has 0 aliphatic rings. The number of hydrogen-bond donors (Lipinski definition) is 1. The first-order chi connectivity index (χ1) is 6.26. The molecule has 0 rings (SSSR count). The molecule has 0 saturated heterocycles. The summed E-state index contributed by atoms with van der Waals surface area (Å²) in [5.74, 6) is 3.44. The van der Waals surface area contributed by atoms with Gasteiger partial charge in [0.25, 0.3) is 0 Å². The second-order valence-corrected chi connectivity index (χ2v) is 4.89. The lowest BCUT2D eigenvalue weighted by Crippen LogP contribution is -2.33. The van der Waals surface area contributed by atoms with Crippen LogP contribution in [-0.2, 0) is 0 Å². The maximum Gasteiger partial charge on any atom is 0.00670 e. The molecule has 0 spiro atoms. The molecular formula is C11H25NS. The normalized spacial score (nSPS) is 15.7. The topological polar surface area (TPSA) is 12.0 Å². The van der Waals surface area contributed by atoms with Gasteiger partial charge in [-0.3, -0.25) is 0 Å². The molecule has 0 aromatic heterocycles. The highest BCUT2D eigenvalue weighted by Crippen LogP contribution is 2.16. The summed E-state index contributed by atoms with van der Waals surface area (Å²) in [6.07, 6.45) is 2.67. The zero-order chi connectivity index (χ0) is 10.1. The quantitative estimate of drug-likeness (QED) is 0.608. The molecule has 2 unspecified atom stereocenters. The van der Waals surface area contributed by atoms with Crippen LogP contribution in [0.3, 0.4) is 0 Å². The molecule has 0 bridgehead atoms. The molecule has 0 amide bonds. The number of nitrogens with one attached hydrogen (secondary N) is 1. The minimum Gasteiger partial charge on any atom is -0.314 e.